The summed E-state index contributed by atoms with van der Waals surface area (Å²) in [6.07, 6.45) is 8.17. The number of aryl methyl sites for hydroxylation is 1. The van der Waals surface area contributed by atoms with Gasteiger partial charge in [0.2, 0.25) is 6.29 Å². The fraction of sp³-hybridized carbons (Fsp3) is 0.292. The van der Waals surface area contributed by atoms with Crippen LogP contribution in [0.1, 0.15) is 49.4 Å². The summed E-state index contributed by atoms with van der Waals surface area (Å²) < 4.78 is 8.94. The van der Waals surface area contributed by atoms with E-state index in [-0.39, 0.29) is 5.75 Å². The molecule has 5 nitrogen and oxygen atoms in total. The zero-order chi connectivity index (χ0) is 20.7. The van der Waals surface area contributed by atoms with Gasteiger partial charge in [-0.05, 0) is 42.7 Å². The Bertz CT molecular complexity index is 1250. The first kappa shape index (κ1) is 19.2. The highest BCUT2D eigenvalue weighted by molar-refractivity contribution is 7.23. The summed E-state index contributed by atoms with van der Waals surface area (Å²) in [5.74, 6) is 0.718. The number of hydrogen-bond acceptors (Lipinski definition) is 5. The van der Waals surface area contributed by atoms with Crippen molar-refractivity contribution in [1.82, 2.24) is 9.38 Å². The zero-order valence-corrected chi connectivity index (χ0v) is 17.7. The lowest BCUT2D eigenvalue weighted by atomic mass is 9.98. The number of phenols is 1. The smallest absolute Gasteiger partial charge is 0.226 e. The van der Waals surface area contributed by atoms with Gasteiger partial charge in [-0.1, -0.05) is 49.7 Å². The van der Waals surface area contributed by atoms with Gasteiger partial charge >= 0.3 is 0 Å². The molecule has 2 N–H and O–H groups in total. The maximum Gasteiger partial charge on any atom is 0.226 e. The van der Waals surface area contributed by atoms with Crippen LogP contribution in [0.4, 0.5) is 0 Å². The molecule has 0 radical (unpaired) electrons. The standard InChI is InChI=1S/C24H24N2O3S/c1-2-3-4-5-8-15-11-16-12-17(23(28)29-21(16)13-20(15)27)18-14-26-19-9-6-7-10-22(19)30-24(26)25-18/h6-7,9-14,23,27-28H,2-5,8H2,1H3. The van der Waals surface area contributed by atoms with Gasteiger partial charge in [-0.25, -0.2) is 4.98 Å². The third-order valence-corrected chi connectivity index (χ3v) is 6.66. The number of hydrogen-bond donors (Lipinski definition) is 2. The van der Waals surface area contributed by atoms with Crippen LogP contribution in [-0.2, 0) is 6.42 Å². The third-order valence-electron chi connectivity index (χ3n) is 5.62. The molecule has 1 unspecified atom stereocenters. The molecular formula is C24H24N2O3S. The first-order chi connectivity index (χ1) is 14.6. The third kappa shape index (κ3) is 3.36. The predicted molar refractivity (Wildman–Crippen MR) is 121 cm³/mol. The van der Waals surface area contributed by atoms with Gasteiger partial charge in [-0.3, -0.25) is 4.40 Å². The van der Waals surface area contributed by atoms with Crippen molar-refractivity contribution in [2.45, 2.75) is 45.3 Å². The summed E-state index contributed by atoms with van der Waals surface area (Å²) in [4.78, 5) is 5.61. The molecule has 0 amide bonds. The van der Waals surface area contributed by atoms with Crippen molar-refractivity contribution in [3.8, 4) is 11.5 Å². The summed E-state index contributed by atoms with van der Waals surface area (Å²) in [6.45, 7) is 2.19. The topological polar surface area (TPSA) is 67.0 Å². The van der Waals surface area contributed by atoms with Gasteiger partial charge < -0.3 is 14.9 Å². The molecule has 2 aromatic heterocycles. The second-order valence-corrected chi connectivity index (χ2v) is 8.76. The molecule has 30 heavy (non-hydrogen) atoms. The van der Waals surface area contributed by atoms with Gasteiger partial charge in [0.25, 0.3) is 0 Å². The Kier molecular flexibility index (Phi) is 4.97. The van der Waals surface area contributed by atoms with Crippen molar-refractivity contribution in [2.24, 2.45) is 0 Å². The number of benzene rings is 2. The van der Waals surface area contributed by atoms with E-state index >= 15 is 0 Å². The van der Waals surface area contributed by atoms with E-state index in [0.29, 0.717) is 17.0 Å². The van der Waals surface area contributed by atoms with Crippen molar-refractivity contribution in [3.63, 3.8) is 0 Å². The van der Waals surface area contributed by atoms with Crippen LogP contribution in [0.3, 0.4) is 0 Å². The van der Waals surface area contributed by atoms with E-state index in [1.807, 2.05) is 34.9 Å². The number of unbranched alkanes of at least 4 members (excludes halogenated alkanes) is 3. The summed E-state index contributed by atoms with van der Waals surface area (Å²) in [6, 6.07) is 11.8. The van der Waals surface area contributed by atoms with Gasteiger partial charge in [0, 0.05) is 23.4 Å². The Morgan fingerprint density at radius 2 is 2.03 bits per heavy atom. The maximum absolute atomic E-state index is 10.6. The lowest BCUT2D eigenvalue weighted by Crippen LogP contribution is -2.21. The van der Waals surface area contributed by atoms with Crippen LogP contribution in [0.5, 0.6) is 11.5 Å². The van der Waals surface area contributed by atoms with Gasteiger partial charge in [-0.15, -0.1) is 0 Å². The van der Waals surface area contributed by atoms with Crippen LogP contribution in [0.2, 0.25) is 0 Å². The molecule has 2 aromatic carbocycles. The van der Waals surface area contributed by atoms with Crippen LogP contribution >= 0.6 is 11.3 Å². The van der Waals surface area contributed by atoms with E-state index in [1.165, 1.54) is 17.5 Å². The minimum Gasteiger partial charge on any atom is -0.508 e. The fourth-order valence-electron chi connectivity index (χ4n) is 4.00. The quantitative estimate of drug-likeness (QED) is 0.397. The number of para-hydroxylation sites is 1. The minimum absolute atomic E-state index is 0.225. The molecule has 4 aromatic rings. The summed E-state index contributed by atoms with van der Waals surface area (Å²) in [5.41, 5.74) is 4.20. The van der Waals surface area contributed by atoms with Crippen molar-refractivity contribution >= 4 is 38.2 Å². The van der Waals surface area contributed by atoms with Gasteiger partial charge in [0.15, 0.2) is 4.96 Å². The number of nitrogens with zero attached hydrogens (tertiary/aromatic N) is 2. The Balaban J connectivity index is 1.50. The molecule has 0 saturated heterocycles. The van der Waals surface area contributed by atoms with E-state index < -0.39 is 6.29 Å². The van der Waals surface area contributed by atoms with E-state index in [1.54, 1.807) is 17.4 Å². The number of ether oxygens (including phenoxy) is 1. The van der Waals surface area contributed by atoms with Crippen LogP contribution in [0.25, 0.3) is 26.8 Å². The predicted octanol–water partition coefficient (Wildman–Crippen LogP) is 5.63. The molecule has 154 valence electrons. The minimum atomic E-state index is -1.12. The number of rotatable bonds is 6. The molecule has 1 atom stereocenters. The van der Waals surface area contributed by atoms with Crippen molar-refractivity contribution < 1.29 is 14.9 Å². The number of imidazole rings is 1. The summed E-state index contributed by atoms with van der Waals surface area (Å²) >= 11 is 1.62. The second-order valence-electron chi connectivity index (χ2n) is 7.75. The normalized spacial score (nSPS) is 15.9. The van der Waals surface area contributed by atoms with E-state index in [0.717, 1.165) is 40.9 Å². The van der Waals surface area contributed by atoms with Crippen molar-refractivity contribution in [3.05, 3.63) is 59.4 Å². The largest absolute Gasteiger partial charge is 0.508 e. The summed E-state index contributed by atoms with van der Waals surface area (Å²) in [5, 5.41) is 21.0. The molecule has 1 aliphatic heterocycles. The SMILES string of the molecule is CCCCCCc1cc2c(cc1O)OC(O)C(c1cn3c(n1)sc1ccccc13)=C2. The first-order valence-corrected chi connectivity index (χ1v) is 11.2. The molecule has 6 heteroatoms. The number of aromatic hydroxyl groups is 1. The number of fused-ring (bicyclic) bond motifs is 4. The molecule has 0 bridgehead atoms. The fourth-order valence-corrected chi connectivity index (χ4v) is 5.01. The van der Waals surface area contributed by atoms with E-state index in [2.05, 4.69) is 19.1 Å². The van der Waals surface area contributed by atoms with Crippen molar-refractivity contribution in [1.29, 1.82) is 0 Å². The molecular weight excluding hydrogens is 396 g/mol. The van der Waals surface area contributed by atoms with Crippen LogP contribution in [0, 0.1) is 0 Å². The molecule has 0 saturated carbocycles. The molecule has 3 heterocycles. The first-order valence-electron chi connectivity index (χ1n) is 10.4. The second kappa shape index (κ2) is 7.78. The Morgan fingerprint density at radius 1 is 1.17 bits per heavy atom. The van der Waals surface area contributed by atoms with Gasteiger partial charge in [-0.2, -0.15) is 0 Å². The van der Waals surface area contributed by atoms with Crippen LogP contribution < -0.4 is 4.74 Å². The molecule has 1 aliphatic rings. The lowest BCUT2D eigenvalue weighted by molar-refractivity contribution is 0.0316. The molecule has 0 fully saturated rings. The lowest BCUT2D eigenvalue weighted by Gasteiger charge is -2.23. The van der Waals surface area contributed by atoms with E-state index in [9.17, 15) is 10.2 Å². The number of thiazole rings is 1. The van der Waals surface area contributed by atoms with E-state index in [4.69, 9.17) is 9.72 Å². The molecule has 5 rings (SSSR count). The monoisotopic (exact) mass is 420 g/mol. The highest BCUT2D eigenvalue weighted by Crippen LogP contribution is 2.38. The van der Waals surface area contributed by atoms with Gasteiger partial charge in [0.05, 0.1) is 15.9 Å². The number of aromatic nitrogens is 2. The zero-order valence-electron chi connectivity index (χ0n) is 16.8. The maximum atomic E-state index is 10.6. The highest BCUT2D eigenvalue weighted by Gasteiger charge is 2.25. The number of aliphatic hydroxyl groups is 1. The molecule has 0 aliphatic carbocycles. The van der Waals surface area contributed by atoms with Crippen LogP contribution in [-0.4, -0.2) is 25.9 Å². The van der Waals surface area contributed by atoms with Gasteiger partial charge in [0.1, 0.15) is 11.5 Å². The Labute approximate surface area is 178 Å². The average molecular weight is 421 g/mol. The Hall–Kier alpha value is -2.83. The number of aliphatic hydroxyl groups excluding tert-OH is 1. The van der Waals surface area contributed by atoms with Crippen molar-refractivity contribution in [2.75, 3.05) is 0 Å². The Morgan fingerprint density at radius 3 is 2.90 bits per heavy atom. The molecule has 0 spiro atoms. The summed E-state index contributed by atoms with van der Waals surface area (Å²) in [7, 11) is 0. The average Bonchev–Trinajstić information content (AvgIpc) is 3.29. The van der Waals surface area contributed by atoms with Crippen LogP contribution in [0.15, 0.2) is 42.6 Å². The highest BCUT2D eigenvalue weighted by atomic mass is 32.1. The number of phenolic OH excluding ortho intramolecular Hbond substituents is 1.